The Morgan fingerprint density at radius 2 is 1.91 bits per heavy atom. The first-order chi connectivity index (χ1) is 10.6. The molecule has 0 aliphatic carbocycles. The molecule has 1 unspecified atom stereocenters. The molecule has 3 N–H and O–H groups in total. The smallest absolute Gasteiger partial charge is 0.369 e. The number of amides is 2. The van der Waals surface area contributed by atoms with Crippen molar-refractivity contribution >= 4 is 23.6 Å². The first kappa shape index (κ1) is 19.3. The minimum absolute atomic E-state index is 0.0172. The van der Waals surface area contributed by atoms with Crippen LogP contribution in [0, 0.1) is 5.92 Å². The summed E-state index contributed by atoms with van der Waals surface area (Å²) in [5.74, 6) is -0.939. The number of halogens is 3. The lowest BCUT2D eigenvalue weighted by Gasteiger charge is -2.23. The summed E-state index contributed by atoms with van der Waals surface area (Å²) in [6.07, 6.45) is -4.43. The van der Waals surface area contributed by atoms with E-state index in [-0.39, 0.29) is 23.3 Å². The average Bonchev–Trinajstić information content (AvgIpc) is 2.43. The van der Waals surface area contributed by atoms with Gasteiger partial charge in [0.2, 0.25) is 11.8 Å². The van der Waals surface area contributed by atoms with Crippen LogP contribution in [0.1, 0.15) is 31.0 Å². The number of alkyl halides is 3. The molecule has 4 nitrogen and oxygen atoms in total. The van der Waals surface area contributed by atoms with Gasteiger partial charge in [-0.15, -0.1) is 11.8 Å². The van der Waals surface area contributed by atoms with Crippen LogP contribution in [0.2, 0.25) is 0 Å². The van der Waals surface area contributed by atoms with Crippen LogP contribution in [0.15, 0.2) is 24.3 Å². The molecule has 0 bridgehead atoms. The van der Waals surface area contributed by atoms with Crippen molar-refractivity contribution in [2.45, 2.75) is 26.1 Å². The molecular weight excluding hydrogens is 329 g/mol. The first-order valence-corrected chi connectivity index (χ1v) is 8.09. The zero-order valence-electron chi connectivity index (χ0n) is 12.8. The van der Waals surface area contributed by atoms with Crippen LogP contribution in [0.5, 0.6) is 0 Å². The largest absolute Gasteiger partial charge is 0.416 e. The van der Waals surface area contributed by atoms with Crippen molar-refractivity contribution in [3.05, 3.63) is 35.4 Å². The molecule has 0 aromatic heterocycles. The summed E-state index contributed by atoms with van der Waals surface area (Å²) < 4.78 is 38.4. The summed E-state index contributed by atoms with van der Waals surface area (Å²) in [4.78, 5) is 22.5. The molecule has 0 saturated heterocycles. The Balaban J connectivity index is 2.83. The highest BCUT2D eigenvalue weighted by atomic mass is 32.2. The maximum Gasteiger partial charge on any atom is 0.416 e. The minimum Gasteiger partial charge on any atom is -0.369 e. The number of hydrogen-bond donors (Lipinski definition) is 2. The molecule has 2 amide bonds. The lowest BCUT2D eigenvalue weighted by Crippen LogP contribution is -2.33. The van der Waals surface area contributed by atoms with E-state index < -0.39 is 23.7 Å². The van der Waals surface area contributed by atoms with E-state index in [1.165, 1.54) is 6.07 Å². The summed E-state index contributed by atoms with van der Waals surface area (Å²) in [5, 5.41) is 2.71. The lowest BCUT2D eigenvalue weighted by atomic mass is 9.94. The third kappa shape index (κ3) is 6.52. The summed E-state index contributed by atoms with van der Waals surface area (Å²) in [7, 11) is 0. The van der Waals surface area contributed by atoms with Gasteiger partial charge in [0, 0.05) is 0 Å². The summed E-state index contributed by atoms with van der Waals surface area (Å²) in [5.41, 5.74) is 4.62. The highest BCUT2D eigenvalue weighted by molar-refractivity contribution is 8.00. The molecular formula is C15H19F3N2O2S. The lowest BCUT2D eigenvalue weighted by molar-refractivity contribution is -0.137. The van der Waals surface area contributed by atoms with E-state index in [0.29, 0.717) is 5.56 Å². The molecule has 0 aliphatic rings. The van der Waals surface area contributed by atoms with Crippen LogP contribution < -0.4 is 11.1 Å². The Morgan fingerprint density at radius 1 is 1.26 bits per heavy atom. The van der Waals surface area contributed by atoms with Crippen molar-refractivity contribution in [2.24, 2.45) is 11.7 Å². The summed E-state index contributed by atoms with van der Waals surface area (Å²) >= 11 is 1.06. The van der Waals surface area contributed by atoms with Gasteiger partial charge in [0.05, 0.1) is 23.1 Å². The first-order valence-electron chi connectivity index (χ1n) is 6.94. The van der Waals surface area contributed by atoms with Crippen LogP contribution in [-0.2, 0) is 15.8 Å². The van der Waals surface area contributed by atoms with Crippen molar-refractivity contribution in [1.29, 1.82) is 0 Å². The van der Waals surface area contributed by atoms with Crippen molar-refractivity contribution in [1.82, 2.24) is 5.32 Å². The van der Waals surface area contributed by atoms with Crippen LogP contribution in [0.3, 0.4) is 0 Å². The van der Waals surface area contributed by atoms with Crippen molar-refractivity contribution in [3.63, 3.8) is 0 Å². The number of primary amides is 1. The van der Waals surface area contributed by atoms with Crippen LogP contribution >= 0.6 is 11.8 Å². The van der Waals surface area contributed by atoms with Gasteiger partial charge in [-0.05, 0) is 23.6 Å². The predicted octanol–water partition coefficient (Wildman–Crippen LogP) is 2.74. The van der Waals surface area contributed by atoms with Crippen LogP contribution in [0.4, 0.5) is 13.2 Å². The van der Waals surface area contributed by atoms with Crippen molar-refractivity contribution < 1.29 is 22.8 Å². The summed E-state index contributed by atoms with van der Waals surface area (Å²) in [6, 6.07) is 4.37. The number of carbonyl (C=O) groups is 2. The van der Waals surface area contributed by atoms with Gasteiger partial charge >= 0.3 is 6.18 Å². The maximum absolute atomic E-state index is 12.8. The van der Waals surface area contributed by atoms with Gasteiger partial charge < -0.3 is 11.1 Å². The van der Waals surface area contributed by atoms with Gasteiger partial charge in [-0.3, -0.25) is 9.59 Å². The average molecular weight is 348 g/mol. The molecule has 1 aromatic carbocycles. The molecule has 0 spiro atoms. The standard InChI is InChI=1S/C15H19F3N2O2S/c1-9(2)14(20-13(22)8-23-7-12(19)21)10-4-3-5-11(6-10)15(16,17)18/h3-6,9,14H,7-8H2,1-2H3,(H2,19,21)(H,20,22). The third-order valence-electron chi connectivity index (χ3n) is 3.03. The molecule has 23 heavy (non-hydrogen) atoms. The normalized spacial score (nSPS) is 13.0. The summed E-state index contributed by atoms with van der Waals surface area (Å²) in [6.45, 7) is 3.61. The number of rotatable bonds is 7. The zero-order chi connectivity index (χ0) is 17.6. The van der Waals surface area contributed by atoms with E-state index in [1.807, 2.05) is 13.8 Å². The SMILES string of the molecule is CC(C)C(NC(=O)CSCC(N)=O)c1cccc(C(F)(F)F)c1. The van der Waals surface area contributed by atoms with E-state index in [1.54, 1.807) is 6.07 Å². The van der Waals surface area contributed by atoms with Gasteiger partial charge in [0.15, 0.2) is 0 Å². The zero-order valence-corrected chi connectivity index (χ0v) is 13.6. The highest BCUT2D eigenvalue weighted by Gasteiger charge is 2.31. The number of hydrogen-bond acceptors (Lipinski definition) is 3. The Labute approximate surface area is 137 Å². The van der Waals surface area contributed by atoms with Gasteiger partial charge in [-0.1, -0.05) is 26.0 Å². The van der Waals surface area contributed by atoms with Crippen LogP contribution in [0.25, 0.3) is 0 Å². The predicted molar refractivity (Wildman–Crippen MR) is 83.7 cm³/mol. The minimum atomic E-state index is -4.43. The fourth-order valence-corrected chi connectivity index (χ4v) is 2.57. The number of nitrogens with two attached hydrogens (primary N) is 1. The maximum atomic E-state index is 12.8. The van der Waals surface area contributed by atoms with E-state index in [4.69, 9.17) is 5.73 Å². The Hall–Kier alpha value is -1.70. The quantitative estimate of drug-likeness (QED) is 0.796. The molecule has 1 rings (SSSR count). The Bertz CT molecular complexity index is 562. The topological polar surface area (TPSA) is 72.2 Å². The number of benzene rings is 1. The molecule has 1 aromatic rings. The van der Waals surface area contributed by atoms with E-state index in [2.05, 4.69) is 5.32 Å². The molecule has 0 radical (unpaired) electrons. The van der Waals surface area contributed by atoms with Crippen LogP contribution in [-0.4, -0.2) is 23.3 Å². The number of carbonyl (C=O) groups excluding carboxylic acids is 2. The number of thioether (sulfide) groups is 1. The molecule has 0 fully saturated rings. The van der Waals surface area contributed by atoms with Gasteiger partial charge in [0.1, 0.15) is 0 Å². The molecule has 128 valence electrons. The van der Waals surface area contributed by atoms with Crippen molar-refractivity contribution in [2.75, 3.05) is 11.5 Å². The second-order valence-electron chi connectivity index (χ2n) is 5.37. The van der Waals surface area contributed by atoms with Crippen molar-refractivity contribution in [3.8, 4) is 0 Å². The Morgan fingerprint density at radius 3 is 2.43 bits per heavy atom. The van der Waals surface area contributed by atoms with Gasteiger partial charge in [-0.2, -0.15) is 13.2 Å². The van der Waals surface area contributed by atoms with Gasteiger partial charge in [0.25, 0.3) is 0 Å². The molecule has 0 heterocycles. The molecule has 0 saturated carbocycles. The van der Waals surface area contributed by atoms with E-state index in [9.17, 15) is 22.8 Å². The fraction of sp³-hybridized carbons (Fsp3) is 0.467. The second-order valence-corrected chi connectivity index (χ2v) is 6.36. The fourth-order valence-electron chi connectivity index (χ4n) is 2.00. The molecule has 0 aliphatic heterocycles. The molecule has 8 heteroatoms. The second kappa shape index (κ2) is 8.24. The third-order valence-corrected chi connectivity index (χ3v) is 3.99. The van der Waals surface area contributed by atoms with E-state index >= 15 is 0 Å². The van der Waals surface area contributed by atoms with E-state index in [0.717, 1.165) is 23.9 Å². The Kier molecular flexibility index (Phi) is 6.93. The number of nitrogens with one attached hydrogen (secondary N) is 1. The molecule has 1 atom stereocenters. The van der Waals surface area contributed by atoms with Gasteiger partial charge in [-0.25, -0.2) is 0 Å². The highest BCUT2D eigenvalue weighted by Crippen LogP contribution is 2.32. The monoisotopic (exact) mass is 348 g/mol.